The van der Waals surface area contributed by atoms with Gasteiger partial charge in [0.25, 0.3) is 0 Å². The van der Waals surface area contributed by atoms with Crippen LogP contribution in [-0.4, -0.2) is 16.5 Å². The molecule has 1 aromatic heterocycles. The molecule has 3 aromatic rings. The SMILES string of the molecule is CCNc1nc(SCc2ccccc2)c2ccccc2n1. The normalized spacial score (nSPS) is 10.7. The van der Waals surface area contributed by atoms with Crippen molar-refractivity contribution < 1.29 is 0 Å². The summed E-state index contributed by atoms with van der Waals surface area (Å²) in [5.74, 6) is 1.61. The Balaban J connectivity index is 1.92. The van der Waals surface area contributed by atoms with E-state index in [4.69, 9.17) is 0 Å². The molecule has 1 heterocycles. The molecule has 2 aromatic carbocycles. The number of thioether (sulfide) groups is 1. The van der Waals surface area contributed by atoms with Crippen LogP contribution in [0.25, 0.3) is 10.9 Å². The molecule has 0 spiro atoms. The maximum absolute atomic E-state index is 4.65. The van der Waals surface area contributed by atoms with Gasteiger partial charge in [0.05, 0.1) is 5.52 Å². The number of nitrogens with zero attached hydrogens (tertiary/aromatic N) is 2. The van der Waals surface area contributed by atoms with Gasteiger partial charge in [-0.25, -0.2) is 9.97 Å². The number of para-hydroxylation sites is 1. The van der Waals surface area contributed by atoms with E-state index in [9.17, 15) is 0 Å². The second kappa shape index (κ2) is 6.59. The highest BCUT2D eigenvalue weighted by Gasteiger charge is 2.07. The summed E-state index contributed by atoms with van der Waals surface area (Å²) in [6.07, 6.45) is 0. The molecule has 0 bridgehead atoms. The molecule has 0 atom stereocenters. The first-order valence-corrected chi connectivity index (χ1v) is 8.03. The van der Waals surface area contributed by atoms with Crippen LogP contribution in [0, 0.1) is 0 Å². The average molecular weight is 295 g/mol. The first kappa shape index (κ1) is 13.9. The standard InChI is InChI=1S/C17H17N3S/c1-2-18-17-19-15-11-7-6-10-14(15)16(20-17)21-12-13-8-4-3-5-9-13/h3-11H,2,12H2,1H3,(H,18,19,20). The van der Waals surface area contributed by atoms with Crippen LogP contribution < -0.4 is 5.32 Å². The zero-order chi connectivity index (χ0) is 14.5. The fourth-order valence-electron chi connectivity index (χ4n) is 2.12. The van der Waals surface area contributed by atoms with Crippen LogP contribution in [0.2, 0.25) is 0 Å². The summed E-state index contributed by atoms with van der Waals surface area (Å²) in [4.78, 5) is 9.19. The lowest BCUT2D eigenvalue weighted by molar-refractivity contribution is 1.05. The number of nitrogens with one attached hydrogen (secondary N) is 1. The highest BCUT2D eigenvalue weighted by atomic mass is 32.2. The third kappa shape index (κ3) is 3.34. The summed E-state index contributed by atoms with van der Waals surface area (Å²) in [5.41, 5.74) is 2.29. The smallest absolute Gasteiger partial charge is 0.224 e. The van der Waals surface area contributed by atoms with Crippen molar-refractivity contribution in [3.05, 3.63) is 60.2 Å². The number of aromatic nitrogens is 2. The molecule has 0 saturated heterocycles. The largest absolute Gasteiger partial charge is 0.354 e. The molecule has 0 saturated carbocycles. The second-order valence-electron chi connectivity index (χ2n) is 4.67. The molecule has 3 nitrogen and oxygen atoms in total. The minimum atomic E-state index is 0.701. The van der Waals surface area contributed by atoms with E-state index in [0.717, 1.165) is 28.2 Å². The van der Waals surface area contributed by atoms with Gasteiger partial charge in [0.1, 0.15) is 5.03 Å². The Morgan fingerprint density at radius 2 is 1.71 bits per heavy atom. The second-order valence-corrected chi connectivity index (χ2v) is 5.64. The molecule has 0 radical (unpaired) electrons. The topological polar surface area (TPSA) is 37.8 Å². The van der Waals surface area contributed by atoms with Crippen molar-refractivity contribution in [1.82, 2.24) is 9.97 Å². The van der Waals surface area contributed by atoms with Gasteiger partial charge >= 0.3 is 0 Å². The van der Waals surface area contributed by atoms with Crippen molar-refractivity contribution in [1.29, 1.82) is 0 Å². The van der Waals surface area contributed by atoms with Crippen molar-refractivity contribution in [3.63, 3.8) is 0 Å². The molecule has 0 aliphatic heterocycles. The number of benzene rings is 2. The fraction of sp³-hybridized carbons (Fsp3) is 0.176. The Hall–Kier alpha value is -2.07. The lowest BCUT2D eigenvalue weighted by Gasteiger charge is -2.09. The lowest BCUT2D eigenvalue weighted by atomic mass is 10.2. The number of fused-ring (bicyclic) bond motifs is 1. The van der Waals surface area contributed by atoms with E-state index >= 15 is 0 Å². The lowest BCUT2D eigenvalue weighted by Crippen LogP contribution is -2.03. The molecule has 0 aliphatic rings. The molecule has 3 rings (SSSR count). The van der Waals surface area contributed by atoms with Crippen LogP contribution in [0.4, 0.5) is 5.95 Å². The van der Waals surface area contributed by atoms with Crippen molar-refractivity contribution >= 4 is 28.6 Å². The van der Waals surface area contributed by atoms with Gasteiger partial charge in [0, 0.05) is 17.7 Å². The van der Waals surface area contributed by atoms with Crippen molar-refractivity contribution in [3.8, 4) is 0 Å². The van der Waals surface area contributed by atoms with Gasteiger partial charge < -0.3 is 5.32 Å². The van der Waals surface area contributed by atoms with Crippen LogP contribution in [-0.2, 0) is 5.75 Å². The maximum atomic E-state index is 4.65. The van der Waals surface area contributed by atoms with Crippen LogP contribution in [0.3, 0.4) is 0 Å². The van der Waals surface area contributed by atoms with Gasteiger partial charge in [-0.05, 0) is 18.6 Å². The van der Waals surface area contributed by atoms with E-state index in [1.165, 1.54) is 5.56 Å². The molecular weight excluding hydrogens is 278 g/mol. The van der Waals surface area contributed by atoms with Crippen molar-refractivity contribution in [2.24, 2.45) is 0 Å². The number of rotatable bonds is 5. The average Bonchev–Trinajstić information content (AvgIpc) is 2.54. The zero-order valence-corrected chi connectivity index (χ0v) is 12.7. The predicted octanol–water partition coefficient (Wildman–Crippen LogP) is 4.35. The Morgan fingerprint density at radius 3 is 2.52 bits per heavy atom. The number of hydrogen-bond acceptors (Lipinski definition) is 4. The Labute approximate surface area is 128 Å². The van der Waals surface area contributed by atoms with E-state index in [0.29, 0.717) is 5.95 Å². The molecule has 0 fully saturated rings. The summed E-state index contributed by atoms with van der Waals surface area (Å²) in [6, 6.07) is 18.6. The Bertz CT molecular complexity index is 728. The molecular formula is C17H17N3S. The van der Waals surface area contributed by atoms with Gasteiger partial charge in [-0.2, -0.15) is 0 Å². The minimum absolute atomic E-state index is 0.701. The van der Waals surface area contributed by atoms with Crippen LogP contribution in [0.1, 0.15) is 12.5 Å². The van der Waals surface area contributed by atoms with Crippen molar-refractivity contribution in [2.75, 3.05) is 11.9 Å². The Morgan fingerprint density at radius 1 is 0.952 bits per heavy atom. The Kier molecular flexibility index (Phi) is 4.36. The highest BCUT2D eigenvalue weighted by molar-refractivity contribution is 7.98. The third-order valence-electron chi connectivity index (χ3n) is 3.12. The summed E-state index contributed by atoms with van der Waals surface area (Å²) in [7, 11) is 0. The quantitative estimate of drug-likeness (QED) is 0.561. The van der Waals surface area contributed by atoms with Crippen molar-refractivity contribution in [2.45, 2.75) is 17.7 Å². The van der Waals surface area contributed by atoms with Gasteiger partial charge in [-0.1, -0.05) is 48.5 Å². The summed E-state index contributed by atoms with van der Waals surface area (Å²) in [5, 5.41) is 5.34. The molecule has 0 unspecified atom stereocenters. The van der Waals surface area contributed by atoms with Crippen LogP contribution >= 0.6 is 11.8 Å². The van der Waals surface area contributed by atoms with E-state index in [2.05, 4.69) is 52.5 Å². The monoisotopic (exact) mass is 295 g/mol. The van der Waals surface area contributed by atoms with Crippen LogP contribution in [0.5, 0.6) is 0 Å². The van der Waals surface area contributed by atoms with Gasteiger partial charge in [-0.3, -0.25) is 0 Å². The zero-order valence-electron chi connectivity index (χ0n) is 11.9. The molecule has 106 valence electrons. The van der Waals surface area contributed by atoms with Gasteiger partial charge in [0.15, 0.2) is 0 Å². The van der Waals surface area contributed by atoms with E-state index < -0.39 is 0 Å². The highest BCUT2D eigenvalue weighted by Crippen LogP contribution is 2.28. The third-order valence-corrected chi connectivity index (χ3v) is 4.18. The number of hydrogen-bond donors (Lipinski definition) is 1. The predicted molar refractivity (Wildman–Crippen MR) is 89.7 cm³/mol. The number of anilines is 1. The van der Waals surface area contributed by atoms with E-state index in [1.807, 2.05) is 24.3 Å². The first-order valence-electron chi connectivity index (χ1n) is 7.04. The molecule has 4 heteroatoms. The summed E-state index contributed by atoms with van der Waals surface area (Å²) < 4.78 is 0. The van der Waals surface area contributed by atoms with Crippen LogP contribution in [0.15, 0.2) is 59.6 Å². The first-order chi connectivity index (χ1) is 10.4. The molecule has 0 amide bonds. The van der Waals surface area contributed by atoms with E-state index in [-0.39, 0.29) is 0 Å². The maximum Gasteiger partial charge on any atom is 0.224 e. The summed E-state index contributed by atoms with van der Waals surface area (Å²) in [6.45, 7) is 2.87. The minimum Gasteiger partial charge on any atom is -0.354 e. The molecule has 1 N–H and O–H groups in total. The summed E-state index contributed by atoms with van der Waals surface area (Å²) >= 11 is 1.75. The molecule has 21 heavy (non-hydrogen) atoms. The molecule has 0 aliphatic carbocycles. The van der Waals surface area contributed by atoms with Gasteiger partial charge in [0.2, 0.25) is 5.95 Å². The van der Waals surface area contributed by atoms with Gasteiger partial charge in [-0.15, -0.1) is 11.8 Å². The van der Waals surface area contributed by atoms with E-state index in [1.54, 1.807) is 11.8 Å². The fourth-order valence-corrected chi connectivity index (χ4v) is 3.10.